The molecule has 0 aliphatic heterocycles. The smallest absolute Gasteiger partial charge is 0.339 e. The van der Waals surface area contributed by atoms with E-state index < -0.39 is 22.0 Å². The molecule has 0 fully saturated rings. The molecule has 0 spiro atoms. The molecule has 7 nitrogen and oxygen atoms in total. The molecule has 27 heavy (non-hydrogen) atoms. The number of rotatable bonds is 8. The molecule has 9 heteroatoms. The number of nitrogens with one attached hydrogen (secondary N) is 1. The normalized spacial score (nSPS) is 12.3. The minimum absolute atomic E-state index is 0.0239. The van der Waals surface area contributed by atoms with Gasteiger partial charge in [-0.15, -0.1) is 0 Å². The Morgan fingerprint density at radius 3 is 2.33 bits per heavy atom. The van der Waals surface area contributed by atoms with E-state index in [0.29, 0.717) is 11.5 Å². The van der Waals surface area contributed by atoms with Gasteiger partial charge in [-0.2, -0.15) is 0 Å². The van der Waals surface area contributed by atoms with Crippen molar-refractivity contribution in [1.82, 2.24) is 4.72 Å². The molecule has 1 N–H and O–H groups in total. The highest BCUT2D eigenvalue weighted by molar-refractivity contribution is 7.89. The lowest BCUT2D eigenvalue weighted by Crippen LogP contribution is -2.36. The number of esters is 1. The van der Waals surface area contributed by atoms with Gasteiger partial charge in [0, 0.05) is 0 Å². The van der Waals surface area contributed by atoms with Crippen LogP contribution in [0.4, 0.5) is 0 Å². The van der Waals surface area contributed by atoms with E-state index in [1.807, 2.05) is 0 Å². The van der Waals surface area contributed by atoms with Gasteiger partial charge in [0.1, 0.15) is 18.1 Å². The van der Waals surface area contributed by atoms with Gasteiger partial charge in [-0.1, -0.05) is 11.6 Å². The molecule has 2 aromatic rings. The second-order valence-corrected chi connectivity index (χ2v) is 7.76. The number of carbonyl (C=O) groups excluding carboxylic acids is 1. The van der Waals surface area contributed by atoms with Crippen molar-refractivity contribution in [3.8, 4) is 11.5 Å². The predicted octanol–water partition coefficient (Wildman–Crippen LogP) is 2.88. The summed E-state index contributed by atoms with van der Waals surface area (Å²) in [5, 5.41) is 0.108. The molecule has 0 heterocycles. The fourth-order valence-electron chi connectivity index (χ4n) is 2.20. The Hall–Kier alpha value is -2.29. The van der Waals surface area contributed by atoms with Crippen LogP contribution in [0.5, 0.6) is 11.5 Å². The number of methoxy groups -OCH3 is 2. The Labute approximate surface area is 163 Å². The van der Waals surface area contributed by atoms with Crippen molar-refractivity contribution in [2.24, 2.45) is 0 Å². The molecule has 146 valence electrons. The van der Waals surface area contributed by atoms with Gasteiger partial charge in [-0.3, -0.25) is 0 Å². The van der Waals surface area contributed by atoms with E-state index in [9.17, 15) is 13.2 Å². The highest BCUT2D eigenvalue weighted by Crippen LogP contribution is 2.22. The minimum atomic E-state index is -3.87. The van der Waals surface area contributed by atoms with E-state index in [-0.39, 0.29) is 22.1 Å². The fourth-order valence-corrected chi connectivity index (χ4v) is 3.65. The lowest BCUT2D eigenvalue weighted by Gasteiger charge is -2.16. The molecule has 0 radical (unpaired) electrons. The summed E-state index contributed by atoms with van der Waals surface area (Å²) < 4.78 is 42.8. The first-order valence-electron chi connectivity index (χ1n) is 7.94. The molecular weight excluding hydrogens is 394 g/mol. The highest BCUT2D eigenvalue weighted by atomic mass is 35.5. The van der Waals surface area contributed by atoms with E-state index in [4.69, 9.17) is 21.1 Å². The highest BCUT2D eigenvalue weighted by Gasteiger charge is 2.21. The zero-order valence-corrected chi connectivity index (χ0v) is 16.6. The lowest BCUT2D eigenvalue weighted by atomic mass is 10.2. The first-order chi connectivity index (χ1) is 12.8. The van der Waals surface area contributed by atoms with Crippen molar-refractivity contribution in [1.29, 1.82) is 0 Å². The molecular formula is C18H20ClNO6S. The summed E-state index contributed by atoms with van der Waals surface area (Å²) in [6.07, 6.45) is 0. The molecule has 2 aromatic carbocycles. The second kappa shape index (κ2) is 9.07. The molecule has 0 aromatic heterocycles. The quantitative estimate of drug-likeness (QED) is 0.669. The summed E-state index contributed by atoms with van der Waals surface area (Å²) >= 11 is 5.92. The van der Waals surface area contributed by atoms with Crippen LogP contribution in [0, 0.1) is 0 Å². The van der Waals surface area contributed by atoms with Gasteiger partial charge in [0.05, 0.1) is 35.7 Å². The van der Waals surface area contributed by atoms with Crippen molar-refractivity contribution >= 4 is 27.6 Å². The summed E-state index contributed by atoms with van der Waals surface area (Å²) in [5.74, 6) is 0.564. The van der Waals surface area contributed by atoms with Gasteiger partial charge >= 0.3 is 5.97 Å². The van der Waals surface area contributed by atoms with E-state index in [1.165, 1.54) is 25.3 Å². The van der Waals surface area contributed by atoms with Gasteiger partial charge < -0.3 is 14.2 Å². The summed E-state index contributed by atoms with van der Waals surface area (Å²) in [7, 11) is -1.12. The van der Waals surface area contributed by atoms with Crippen LogP contribution in [0.25, 0.3) is 0 Å². The molecule has 0 unspecified atom stereocenters. The van der Waals surface area contributed by atoms with E-state index in [0.717, 1.165) is 0 Å². The first kappa shape index (κ1) is 21.0. The molecule has 2 rings (SSSR count). The zero-order chi connectivity index (χ0) is 20.0. The third kappa shape index (κ3) is 5.59. The molecule has 0 aliphatic carbocycles. The van der Waals surface area contributed by atoms with E-state index in [2.05, 4.69) is 9.46 Å². The van der Waals surface area contributed by atoms with Gasteiger partial charge in [0.2, 0.25) is 10.0 Å². The number of halogens is 1. The lowest BCUT2D eigenvalue weighted by molar-refractivity contribution is 0.0600. The molecule has 0 saturated heterocycles. The van der Waals surface area contributed by atoms with Gasteiger partial charge in [-0.25, -0.2) is 17.9 Å². The maximum Gasteiger partial charge on any atom is 0.339 e. The molecule has 0 amide bonds. The van der Waals surface area contributed by atoms with Crippen LogP contribution in [0.15, 0.2) is 47.4 Å². The average molecular weight is 414 g/mol. The van der Waals surface area contributed by atoms with Crippen LogP contribution in [-0.2, 0) is 14.8 Å². The zero-order valence-electron chi connectivity index (χ0n) is 15.1. The van der Waals surface area contributed by atoms with Crippen molar-refractivity contribution in [2.45, 2.75) is 17.9 Å². The maximum absolute atomic E-state index is 12.5. The Morgan fingerprint density at radius 1 is 1.11 bits per heavy atom. The maximum atomic E-state index is 12.5. The SMILES string of the molecule is COC(=O)c1cc(S(=O)(=O)N[C@H](C)COc2ccc(OC)cc2)ccc1Cl. The van der Waals surface area contributed by atoms with Crippen LogP contribution in [0.1, 0.15) is 17.3 Å². The number of carbonyl (C=O) groups is 1. The van der Waals surface area contributed by atoms with Gasteiger partial charge in [-0.05, 0) is 49.4 Å². The average Bonchev–Trinajstić information content (AvgIpc) is 2.66. The Balaban J connectivity index is 2.05. The first-order valence-corrected chi connectivity index (χ1v) is 9.80. The number of hydrogen-bond acceptors (Lipinski definition) is 6. The van der Waals surface area contributed by atoms with Crippen LogP contribution in [0.2, 0.25) is 5.02 Å². The third-order valence-corrected chi connectivity index (χ3v) is 5.49. The molecule has 0 aliphatic rings. The largest absolute Gasteiger partial charge is 0.497 e. The summed E-state index contributed by atoms with van der Waals surface area (Å²) in [5.41, 5.74) is -0.0239. The standard InChI is InChI=1S/C18H20ClNO6S/c1-12(11-26-14-6-4-13(24-2)5-7-14)20-27(22,23)15-8-9-17(19)16(10-15)18(21)25-3/h4-10,12,20H,11H2,1-3H3/t12-/m1/s1. The number of ether oxygens (including phenoxy) is 3. The van der Waals surface area contributed by atoms with Crippen LogP contribution in [0.3, 0.4) is 0 Å². The fraction of sp³-hybridized carbons (Fsp3) is 0.278. The van der Waals surface area contributed by atoms with Crippen LogP contribution in [-0.4, -0.2) is 41.3 Å². The summed E-state index contributed by atoms with van der Waals surface area (Å²) in [6.45, 7) is 1.78. The van der Waals surface area contributed by atoms with Crippen molar-refractivity contribution in [3.63, 3.8) is 0 Å². The van der Waals surface area contributed by atoms with Crippen molar-refractivity contribution in [2.75, 3.05) is 20.8 Å². The number of sulfonamides is 1. The second-order valence-electron chi connectivity index (χ2n) is 5.64. The van der Waals surface area contributed by atoms with E-state index in [1.54, 1.807) is 38.3 Å². The summed E-state index contributed by atoms with van der Waals surface area (Å²) in [4.78, 5) is 11.6. The Bertz CT molecular complexity index is 899. The number of benzene rings is 2. The van der Waals surface area contributed by atoms with E-state index >= 15 is 0 Å². The Morgan fingerprint density at radius 2 is 1.74 bits per heavy atom. The monoisotopic (exact) mass is 413 g/mol. The Kier molecular flexibility index (Phi) is 7.06. The van der Waals surface area contributed by atoms with Crippen molar-refractivity contribution in [3.05, 3.63) is 53.1 Å². The van der Waals surface area contributed by atoms with Gasteiger partial charge in [0.15, 0.2) is 0 Å². The topological polar surface area (TPSA) is 90.9 Å². The predicted molar refractivity (Wildman–Crippen MR) is 101 cm³/mol. The molecule has 0 bridgehead atoms. The third-order valence-electron chi connectivity index (χ3n) is 3.57. The van der Waals surface area contributed by atoms with Crippen LogP contribution >= 0.6 is 11.6 Å². The minimum Gasteiger partial charge on any atom is -0.497 e. The summed E-state index contributed by atoms with van der Waals surface area (Å²) in [6, 6.07) is 10.2. The van der Waals surface area contributed by atoms with Crippen molar-refractivity contribution < 1.29 is 27.4 Å². The molecule has 1 atom stereocenters. The van der Waals surface area contributed by atoms with Gasteiger partial charge in [0.25, 0.3) is 0 Å². The molecule has 0 saturated carbocycles. The number of hydrogen-bond donors (Lipinski definition) is 1. The van der Waals surface area contributed by atoms with Crippen LogP contribution < -0.4 is 14.2 Å².